The first-order valence-corrected chi connectivity index (χ1v) is 5.10. The van der Waals surface area contributed by atoms with Crippen molar-refractivity contribution in [1.82, 2.24) is 10.6 Å². The van der Waals surface area contributed by atoms with Gasteiger partial charge in [0.2, 0.25) is 0 Å². The van der Waals surface area contributed by atoms with Gasteiger partial charge in [0, 0.05) is 13.6 Å². The van der Waals surface area contributed by atoms with Crippen LogP contribution in [0.15, 0.2) is 0 Å². The van der Waals surface area contributed by atoms with Crippen LogP contribution in [0, 0.1) is 5.41 Å². The van der Waals surface area contributed by atoms with E-state index in [0.29, 0.717) is 0 Å². The van der Waals surface area contributed by atoms with Gasteiger partial charge >= 0.3 is 17.4 Å². The highest BCUT2D eigenvalue weighted by Crippen LogP contribution is 2.22. The molecular weight excluding hydrogens is 244 g/mol. The Morgan fingerprint density at radius 3 is 1.72 bits per heavy atom. The molecule has 0 aromatic heterocycles. The van der Waals surface area contributed by atoms with Crippen molar-refractivity contribution in [3.8, 4) is 0 Å². The van der Waals surface area contributed by atoms with Gasteiger partial charge in [0.05, 0.1) is 14.2 Å². The molecule has 0 spiro atoms. The van der Waals surface area contributed by atoms with E-state index < -0.39 is 29.2 Å². The van der Waals surface area contributed by atoms with Crippen LogP contribution in [-0.4, -0.2) is 51.6 Å². The lowest BCUT2D eigenvalue weighted by Crippen LogP contribution is -2.61. The summed E-state index contributed by atoms with van der Waals surface area (Å²) >= 11 is 0. The summed E-state index contributed by atoms with van der Waals surface area (Å²) in [6.45, 7) is 1.70. The summed E-state index contributed by atoms with van der Waals surface area (Å²) < 4.78 is 8.74. The Balaban J connectivity index is 5.86. The fourth-order valence-electron chi connectivity index (χ4n) is 1.34. The predicted molar refractivity (Wildman–Crippen MR) is 59.2 cm³/mol. The van der Waals surface area contributed by atoms with Crippen LogP contribution in [0.25, 0.3) is 0 Å². The third-order valence-corrected chi connectivity index (χ3v) is 2.23. The molecule has 0 heterocycles. The van der Waals surface area contributed by atoms with E-state index >= 15 is 0 Å². The zero-order chi connectivity index (χ0) is 14.3. The Morgan fingerprint density at radius 2 is 1.44 bits per heavy atom. The summed E-state index contributed by atoms with van der Waals surface area (Å²) in [5.41, 5.74) is -2.69. The Labute approximate surface area is 104 Å². The van der Waals surface area contributed by atoms with Gasteiger partial charge in [0.1, 0.15) is 0 Å². The van der Waals surface area contributed by atoms with Gasteiger partial charge in [-0.25, -0.2) is 9.59 Å². The summed E-state index contributed by atoms with van der Waals surface area (Å²) in [7, 11) is 3.10. The van der Waals surface area contributed by atoms with Gasteiger partial charge in [-0.3, -0.25) is 9.59 Å². The van der Waals surface area contributed by atoms with Crippen LogP contribution in [0.4, 0.5) is 0 Å². The monoisotopic (exact) mass is 260 g/mol. The lowest BCUT2D eigenvalue weighted by Gasteiger charge is -2.24. The SMILES string of the molecule is CCNC(=O)C(C(=O)NC)(C(=O)OC)C(=O)OC. The highest BCUT2D eigenvalue weighted by molar-refractivity contribution is 6.35. The highest BCUT2D eigenvalue weighted by atomic mass is 16.5. The number of hydrogen-bond acceptors (Lipinski definition) is 6. The smallest absolute Gasteiger partial charge is 0.343 e. The Kier molecular flexibility index (Phi) is 5.80. The summed E-state index contributed by atoms with van der Waals surface area (Å²) in [5.74, 6) is -4.82. The maximum absolute atomic E-state index is 11.9. The van der Waals surface area contributed by atoms with Crippen LogP contribution < -0.4 is 10.6 Å². The van der Waals surface area contributed by atoms with Crippen LogP contribution in [0.5, 0.6) is 0 Å². The van der Waals surface area contributed by atoms with Crippen molar-refractivity contribution >= 4 is 23.8 Å². The standard InChI is InChI=1S/C10H16N2O6/c1-5-12-7(14)10(6(13)11-2,8(15)17-3)9(16)18-4/h5H2,1-4H3,(H,11,13)(H,12,14). The van der Waals surface area contributed by atoms with Gasteiger partial charge in [0.25, 0.3) is 11.8 Å². The third kappa shape index (κ3) is 2.41. The van der Waals surface area contributed by atoms with E-state index in [4.69, 9.17) is 0 Å². The molecule has 0 bridgehead atoms. The van der Waals surface area contributed by atoms with Crippen molar-refractivity contribution in [3.05, 3.63) is 0 Å². The molecule has 102 valence electrons. The lowest BCUT2D eigenvalue weighted by atomic mass is 9.85. The highest BCUT2D eigenvalue weighted by Gasteiger charge is 2.61. The first-order chi connectivity index (χ1) is 8.43. The number of carbonyl (C=O) groups excluding carboxylic acids is 4. The average molecular weight is 260 g/mol. The first kappa shape index (κ1) is 15.9. The number of rotatable bonds is 5. The zero-order valence-corrected chi connectivity index (χ0v) is 10.7. The van der Waals surface area contributed by atoms with E-state index in [0.717, 1.165) is 14.2 Å². The van der Waals surface area contributed by atoms with Gasteiger partial charge < -0.3 is 20.1 Å². The van der Waals surface area contributed by atoms with Crippen molar-refractivity contribution in [3.63, 3.8) is 0 Å². The molecule has 0 rings (SSSR count). The van der Waals surface area contributed by atoms with Gasteiger partial charge in [-0.05, 0) is 6.92 Å². The number of amides is 2. The van der Waals surface area contributed by atoms with Crippen LogP contribution >= 0.6 is 0 Å². The molecule has 2 N–H and O–H groups in total. The Hall–Kier alpha value is -2.12. The summed E-state index contributed by atoms with van der Waals surface area (Å²) in [6, 6.07) is 0. The summed E-state index contributed by atoms with van der Waals surface area (Å²) in [6.07, 6.45) is 0. The molecule has 0 radical (unpaired) electrons. The molecule has 0 aliphatic rings. The maximum atomic E-state index is 11.9. The topological polar surface area (TPSA) is 111 Å². The minimum absolute atomic E-state index is 0.131. The van der Waals surface area contributed by atoms with Crippen LogP contribution in [0.1, 0.15) is 6.92 Å². The molecule has 0 saturated carbocycles. The molecule has 18 heavy (non-hydrogen) atoms. The number of nitrogens with one attached hydrogen (secondary N) is 2. The minimum Gasteiger partial charge on any atom is -0.467 e. The number of methoxy groups -OCH3 is 2. The van der Waals surface area contributed by atoms with Crippen LogP contribution in [-0.2, 0) is 28.7 Å². The second-order valence-electron chi connectivity index (χ2n) is 3.17. The quantitative estimate of drug-likeness (QED) is 0.446. The molecule has 0 aliphatic heterocycles. The fourth-order valence-corrected chi connectivity index (χ4v) is 1.34. The third-order valence-electron chi connectivity index (χ3n) is 2.23. The molecule has 2 amide bonds. The molecule has 8 nitrogen and oxygen atoms in total. The van der Waals surface area contributed by atoms with Crippen molar-refractivity contribution in [2.75, 3.05) is 27.8 Å². The molecule has 0 atom stereocenters. The molecule has 0 aromatic carbocycles. The van der Waals surface area contributed by atoms with E-state index in [2.05, 4.69) is 20.1 Å². The second kappa shape index (κ2) is 6.58. The van der Waals surface area contributed by atoms with E-state index in [1.807, 2.05) is 0 Å². The lowest BCUT2D eigenvalue weighted by molar-refractivity contribution is -0.175. The largest absolute Gasteiger partial charge is 0.467 e. The zero-order valence-electron chi connectivity index (χ0n) is 10.7. The molecule has 0 unspecified atom stereocenters. The van der Waals surface area contributed by atoms with Crippen molar-refractivity contribution in [2.45, 2.75) is 6.92 Å². The predicted octanol–water partition coefficient (Wildman–Crippen LogP) is -1.80. The summed E-state index contributed by atoms with van der Waals surface area (Å²) in [4.78, 5) is 47.1. The Morgan fingerprint density at radius 1 is 1.00 bits per heavy atom. The second-order valence-corrected chi connectivity index (χ2v) is 3.17. The molecular formula is C10H16N2O6. The minimum atomic E-state index is -2.69. The van der Waals surface area contributed by atoms with Gasteiger partial charge in [-0.2, -0.15) is 0 Å². The van der Waals surface area contributed by atoms with Crippen LogP contribution in [0.2, 0.25) is 0 Å². The van der Waals surface area contributed by atoms with Crippen molar-refractivity contribution in [1.29, 1.82) is 0 Å². The average Bonchev–Trinajstić information content (AvgIpc) is 2.38. The van der Waals surface area contributed by atoms with Gasteiger partial charge in [-0.15, -0.1) is 0 Å². The number of esters is 2. The van der Waals surface area contributed by atoms with Crippen LogP contribution in [0.3, 0.4) is 0 Å². The molecule has 0 aromatic rings. The Bertz CT molecular complexity index is 325. The number of ether oxygens (including phenoxy) is 2. The first-order valence-electron chi connectivity index (χ1n) is 5.10. The number of carbonyl (C=O) groups is 4. The molecule has 0 fully saturated rings. The van der Waals surface area contributed by atoms with Crippen molar-refractivity contribution < 1.29 is 28.7 Å². The van der Waals surface area contributed by atoms with E-state index in [9.17, 15) is 19.2 Å². The molecule has 8 heteroatoms. The normalized spacial score (nSPS) is 10.2. The molecule has 0 saturated heterocycles. The fraction of sp³-hybridized carbons (Fsp3) is 0.600. The van der Waals surface area contributed by atoms with E-state index in [1.165, 1.54) is 7.05 Å². The maximum Gasteiger partial charge on any atom is 0.343 e. The van der Waals surface area contributed by atoms with E-state index in [-0.39, 0.29) is 6.54 Å². The van der Waals surface area contributed by atoms with Gasteiger partial charge in [-0.1, -0.05) is 0 Å². The van der Waals surface area contributed by atoms with E-state index in [1.54, 1.807) is 6.92 Å². The van der Waals surface area contributed by atoms with Crippen molar-refractivity contribution in [2.24, 2.45) is 5.41 Å². The summed E-state index contributed by atoms with van der Waals surface area (Å²) in [5, 5.41) is 4.30. The molecule has 0 aliphatic carbocycles. The van der Waals surface area contributed by atoms with Gasteiger partial charge in [0.15, 0.2) is 0 Å². The number of hydrogen-bond donors (Lipinski definition) is 2.